The third kappa shape index (κ3) is 5.66. The van der Waals surface area contributed by atoms with Gasteiger partial charge in [0.1, 0.15) is 29.0 Å². The molecule has 0 atom stereocenters. The Balaban J connectivity index is 1.64. The molecule has 1 aliphatic rings. The molecule has 0 unspecified atom stereocenters. The minimum absolute atomic E-state index is 0.344. The summed E-state index contributed by atoms with van der Waals surface area (Å²) in [5.41, 5.74) is -0.228. The Morgan fingerprint density at radius 1 is 1.03 bits per heavy atom. The van der Waals surface area contributed by atoms with Gasteiger partial charge in [0.25, 0.3) is 0 Å². The predicted molar refractivity (Wildman–Crippen MR) is 111 cm³/mol. The van der Waals surface area contributed by atoms with Crippen LogP contribution in [0, 0.1) is 28.9 Å². The van der Waals surface area contributed by atoms with Crippen LogP contribution < -0.4 is 4.74 Å². The highest BCUT2D eigenvalue weighted by Gasteiger charge is 2.35. The summed E-state index contributed by atoms with van der Waals surface area (Å²) in [6.07, 6.45) is 7.10. The summed E-state index contributed by atoms with van der Waals surface area (Å²) < 4.78 is 61.0. The Morgan fingerprint density at radius 2 is 1.65 bits per heavy atom. The lowest BCUT2D eigenvalue weighted by Crippen LogP contribution is -2.22. The first-order chi connectivity index (χ1) is 14.8. The number of nitriles is 1. The van der Waals surface area contributed by atoms with Crippen molar-refractivity contribution in [3.63, 3.8) is 0 Å². The van der Waals surface area contributed by atoms with Gasteiger partial charge in [0, 0.05) is 12.1 Å². The van der Waals surface area contributed by atoms with Crippen molar-refractivity contribution in [1.29, 1.82) is 5.26 Å². The number of rotatable bonds is 7. The van der Waals surface area contributed by atoms with Gasteiger partial charge in [-0.3, -0.25) is 0 Å². The molecule has 6 heteroatoms. The maximum Gasteiger partial charge on any atom is 0.426 e. The SMILES string of the molecule is CC/C=C\C[C@H]1CC[C@H](c2ccc(C(F)(F)Oc3cc(F)c(C#N)c(F)c3)cc2)CC1. The number of hydrogen-bond acceptors (Lipinski definition) is 2. The molecular formula is C25H25F4NO. The quantitative estimate of drug-likeness (QED) is 0.334. The van der Waals surface area contributed by atoms with E-state index in [1.165, 1.54) is 18.2 Å². The first-order valence-electron chi connectivity index (χ1n) is 10.6. The summed E-state index contributed by atoms with van der Waals surface area (Å²) in [6.45, 7) is 2.12. The van der Waals surface area contributed by atoms with E-state index < -0.39 is 34.6 Å². The van der Waals surface area contributed by atoms with E-state index in [2.05, 4.69) is 23.8 Å². The van der Waals surface area contributed by atoms with E-state index >= 15 is 0 Å². The number of alkyl halides is 2. The molecule has 1 saturated carbocycles. The molecule has 2 aromatic carbocycles. The first-order valence-corrected chi connectivity index (χ1v) is 10.6. The second kappa shape index (κ2) is 10.00. The highest BCUT2D eigenvalue weighted by molar-refractivity contribution is 5.38. The summed E-state index contributed by atoms with van der Waals surface area (Å²) in [4.78, 5) is 0. The van der Waals surface area contributed by atoms with Gasteiger partial charge in [-0.1, -0.05) is 31.2 Å². The maximum atomic E-state index is 14.5. The number of benzene rings is 2. The third-order valence-corrected chi connectivity index (χ3v) is 5.81. The maximum absolute atomic E-state index is 14.5. The van der Waals surface area contributed by atoms with E-state index in [1.807, 2.05) is 0 Å². The highest BCUT2D eigenvalue weighted by Crippen LogP contribution is 2.39. The van der Waals surface area contributed by atoms with Crippen LogP contribution in [0.4, 0.5) is 17.6 Å². The molecule has 3 rings (SSSR count). The van der Waals surface area contributed by atoms with Crippen molar-refractivity contribution in [3.8, 4) is 11.8 Å². The average molecular weight is 431 g/mol. The molecule has 164 valence electrons. The van der Waals surface area contributed by atoms with Gasteiger partial charge in [-0.2, -0.15) is 14.0 Å². The van der Waals surface area contributed by atoms with Crippen molar-refractivity contribution >= 4 is 0 Å². The fourth-order valence-electron chi connectivity index (χ4n) is 4.06. The average Bonchev–Trinajstić information content (AvgIpc) is 2.74. The first kappa shape index (κ1) is 22.9. The fraction of sp³-hybridized carbons (Fsp3) is 0.400. The van der Waals surface area contributed by atoms with E-state index in [9.17, 15) is 17.6 Å². The van der Waals surface area contributed by atoms with E-state index in [1.54, 1.807) is 12.1 Å². The third-order valence-electron chi connectivity index (χ3n) is 5.81. The van der Waals surface area contributed by atoms with Gasteiger partial charge >= 0.3 is 6.11 Å². The van der Waals surface area contributed by atoms with E-state index in [0.717, 1.165) is 44.1 Å². The number of ether oxygens (including phenoxy) is 1. The second-order valence-corrected chi connectivity index (χ2v) is 7.95. The van der Waals surface area contributed by atoms with Crippen LogP contribution in [0.3, 0.4) is 0 Å². The van der Waals surface area contributed by atoms with E-state index in [0.29, 0.717) is 24.0 Å². The summed E-state index contributed by atoms with van der Waals surface area (Å²) in [6, 6.07) is 8.44. The van der Waals surface area contributed by atoms with Crippen LogP contribution in [-0.2, 0) is 6.11 Å². The van der Waals surface area contributed by atoms with Gasteiger partial charge in [-0.15, -0.1) is 0 Å². The summed E-state index contributed by atoms with van der Waals surface area (Å²) in [5.74, 6) is -2.15. The van der Waals surface area contributed by atoms with Gasteiger partial charge in [0.15, 0.2) is 0 Å². The molecule has 31 heavy (non-hydrogen) atoms. The van der Waals surface area contributed by atoms with Crippen LogP contribution in [0.25, 0.3) is 0 Å². The standard InChI is InChI=1S/C25H25F4NO/c1-2-3-4-5-17-6-8-18(9-7-17)19-10-12-20(13-11-19)25(28,29)31-21-14-23(26)22(16-30)24(27)15-21/h3-4,10-15,17-18H,2,5-9H2,1H3/b4-3-/t17-,18-. The highest BCUT2D eigenvalue weighted by atomic mass is 19.3. The molecule has 0 spiro atoms. The Labute approximate surface area is 180 Å². The normalized spacial score (nSPS) is 19.4. The number of nitrogens with zero attached hydrogens (tertiary/aromatic N) is 1. The lowest BCUT2D eigenvalue weighted by atomic mass is 9.77. The Bertz CT molecular complexity index is 931. The predicted octanol–water partition coefficient (Wildman–Crippen LogP) is 7.59. The Morgan fingerprint density at radius 3 is 2.19 bits per heavy atom. The molecule has 0 radical (unpaired) electrons. The van der Waals surface area contributed by atoms with Crippen molar-refractivity contribution in [2.45, 2.75) is 57.5 Å². The van der Waals surface area contributed by atoms with Crippen molar-refractivity contribution < 1.29 is 22.3 Å². The fourth-order valence-corrected chi connectivity index (χ4v) is 4.06. The second-order valence-electron chi connectivity index (χ2n) is 7.95. The molecule has 0 aromatic heterocycles. The van der Waals surface area contributed by atoms with Gasteiger partial charge < -0.3 is 4.74 Å². The zero-order valence-electron chi connectivity index (χ0n) is 17.4. The summed E-state index contributed by atoms with van der Waals surface area (Å²) >= 11 is 0. The molecular weight excluding hydrogens is 406 g/mol. The topological polar surface area (TPSA) is 33.0 Å². The number of allylic oxidation sites excluding steroid dienone is 2. The molecule has 1 aliphatic carbocycles. The molecule has 2 aromatic rings. The van der Waals surface area contributed by atoms with Gasteiger partial charge in [-0.05, 0) is 68.1 Å². The lowest BCUT2D eigenvalue weighted by Gasteiger charge is -2.28. The van der Waals surface area contributed by atoms with Crippen molar-refractivity contribution in [3.05, 3.63) is 76.9 Å². The van der Waals surface area contributed by atoms with E-state index in [-0.39, 0.29) is 0 Å². The minimum Gasteiger partial charge on any atom is -0.429 e. The molecule has 1 fully saturated rings. The molecule has 0 aliphatic heterocycles. The van der Waals surface area contributed by atoms with Crippen LogP contribution in [0.5, 0.6) is 5.75 Å². The molecule has 0 saturated heterocycles. The monoisotopic (exact) mass is 431 g/mol. The van der Waals surface area contributed by atoms with E-state index in [4.69, 9.17) is 5.26 Å². The lowest BCUT2D eigenvalue weighted by molar-refractivity contribution is -0.185. The zero-order valence-corrected chi connectivity index (χ0v) is 17.4. The zero-order chi connectivity index (χ0) is 22.4. The Hall–Kier alpha value is -2.81. The van der Waals surface area contributed by atoms with Crippen LogP contribution in [0.15, 0.2) is 48.6 Å². The Kier molecular flexibility index (Phi) is 7.37. The minimum atomic E-state index is -3.77. The molecule has 2 nitrogen and oxygen atoms in total. The largest absolute Gasteiger partial charge is 0.429 e. The molecule has 0 N–H and O–H groups in total. The van der Waals surface area contributed by atoms with Crippen molar-refractivity contribution in [1.82, 2.24) is 0 Å². The van der Waals surface area contributed by atoms with Crippen molar-refractivity contribution in [2.75, 3.05) is 0 Å². The molecule has 0 amide bonds. The summed E-state index contributed by atoms with van der Waals surface area (Å²) in [7, 11) is 0. The van der Waals surface area contributed by atoms with Gasteiger partial charge in [-0.25, -0.2) is 8.78 Å². The van der Waals surface area contributed by atoms with Crippen molar-refractivity contribution in [2.24, 2.45) is 5.92 Å². The van der Waals surface area contributed by atoms with Gasteiger partial charge in [0.05, 0.1) is 5.56 Å². The van der Waals surface area contributed by atoms with Crippen LogP contribution in [0.1, 0.15) is 68.1 Å². The number of halogens is 4. The summed E-state index contributed by atoms with van der Waals surface area (Å²) in [5, 5.41) is 8.68. The van der Waals surface area contributed by atoms with Crippen LogP contribution >= 0.6 is 0 Å². The number of hydrogen-bond donors (Lipinski definition) is 0. The molecule has 0 heterocycles. The van der Waals surface area contributed by atoms with Gasteiger partial charge in [0.2, 0.25) is 0 Å². The van der Waals surface area contributed by atoms with Crippen LogP contribution in [-0.4, -0.2) is 0 Å². The smallest absolute Gasteiger partial charge is 0.426 e. The molecule has 0 bridgehead atoms. The van der Waals surface area contributed by atoms with Crippen LogP contribution in [0.2, 0.25) is 0 Å².